The predicted octanol–water partition coefficient (Wildman–Crippen LogP) is 2.80. The highest BCUT2D eigenvalue weighted by Crippen LogP contribution is 2.26. The quantitative estimate of drug-likeness (QED) is 0.944. The van der Waals surface area contributed by atoms with Crippen molar-refractivity contribution in [3.05, 3.63) is 35.1 Å². The van der Waals surface area contributed by atoms with Crippen molar-refractivity contribution in [1.82, 2.24) is 10.2 Å². The first kappa shape index (κ1) is 15.1. The molecule has 0 radical (unpaired) electrons. The number of carbonyl (C=O) groups is 1. The summed E-state index contributed by atoms with van der Waals surface area (Å²) in [6.07, 6.45) is 4.36. The third kappa shape index (κ3) is 2.75. The van der Waals surface area contributed by atoms with E-state index in [-0.39, 0.29) is 5.91 Å². The number of aryl methyl sites for hydroxylation is 2. The van der Waals surface area contributed by atoms with Crippen LogP contribution in [0, 0.1) is 13.8 Å². The molecule has 0 saturated carbocycles. The molecule has 1 atom stereocenters. The van der Waals surface area contributed by atoms with Gasteiger partial charge < -0.3 is 14.6 Å². The van der Waals surface area contributed by atoms with E-state index in [2.05, 4.69) is 31.3 Å². The Hall–Kier alpha value is -1.81. The van der Waals surface area contributed by atoms with Gasteiger partial charge in [0.25, 0.3) is 0 Å². The van der Waals surface area contributed by atoms with Gasteiger partial charge in [-0.1, -0.05) is 0 Å². The maximum Gasteiger partial charge on any atom is 0.227 e. The van der Waals surface area contributed by atoms with Crippen molar-refractivity contribution in [3.8, 4) is 0 Å². The molecule has 4 nitrogen and oxygen atoms in total. The summed E-state index contributed by atoms with van der Waals surface area (Å²) < 4.78 is 5.64. The molecule has 1 aliphatic rings. The van der Waals surface area contributed by atoms with Crippen LogP contribution in [0.2, 0.25) is 0 Å². The molecule has 3 rings (SSSR count). The van der Waals surface area contributed by atoms with Crippen molar-refractivity contribution in [2.24, 2.45) is 0 Å². The van der Waals surface area contributed by atoms with Crippen molar-refractivity contribution in [2.45, 2.75) is 39.2 Å². The second-order valence-electron chi connectivity index (χ2n) is 6.31. The van der Waals surface area contributed by atoms with Crippen molar-refractivity contribution in [3.63, 3.8) is 0 Å². The van der Waals surface area contributed by atoms with Crippen LogP contribution < -0.4 is 5.32 Å². The van der Waals surface area contributed by atoms with Crippen LogP contribution in [0.5, 0.6) is 0 Å². The Morgan fingerprint density at radius 2 is 2.14 bits per heavy atom. The lowest BCUT2D eigenvalue weighted by Crippen LogP contribution is -2.41. The fourth-order valence-electron chi connectivity index (χ4n) is 3.35. The maximum atomic E-state index is 12.6. The van der Waals surface area contributed by atoms with Gasteiger partial charge in [-0.05, 0) is 57.0 Å². The molecular formula is C18H24N2O2. The molecular weight excluding hydrogens is 276 g/mol. The van der Waals surface area contributed by atoms with E-state index in [1.165, 1.54) is 11.1 Å². The average Bonchev–Trinajstić information content (AvgIpc) is 3.08. The van der Waals surface area contributed by atoms with Gasteiger partial charge in [0.15, 0.2) is 0 Å². The van der Waals surface area contributed by atoms with E-state index in [1.807, 2.05) is 11.9 Å². The highest BCUT2D eigenvalue weighted by Gasteiger charge is 2.28. The van der Waals surface area contributed by atoms with Crippen molar-refractivity contribution in [2.75, 3.05) is 20.1 Å². The number of hydrogen-bond acceptors (Lipinski definition) is 3. The van der Waals surface area contributed by atoms with Gasteiger partial charge in [0.1, 0.15) is 5.58 Å². The van der Waals surface area contributed by atoms with E-state index in [1.54, 1.807) is 6.26 Å². The Morgan fingerprint density at radius 1 is 1.36 bits per heavy atom. The summed E-state index contributed by atoms with van der Waals surface area (Å²) in [6.45, 7) is 5.92. The fourth-order valence-corrected chi connectivity index (χ4v) is 3.35. The number of furan rings is 1. The van der Waals surface area contributed by atoms with Gasteiger partial charge in [-0.15, -0.1) is 0 Å². The largest absolute Gasteiger partial charge is 0.464 e. The number of amides is 1. The zero-order valence-electron chi connectivity index (χ0n) is 13.6. The van der Waals surface area contributed by atoms with E-state index >= 15 is 0 Å². The molecule has 1 N–H and O–H groups in total. The highest BCUT2D eigenvalue weighted by molar-refractivity contribution is 5.88. The summed E-state index contributed by atoms with van der Waals surface area (Å²) in [6, 6.07) is 4.52. The summed E-state index contributed by atoms with van der Waals surface area (Å²) in [4.78, 5) is 14.7. The number of nitrogens with one attached hydrogen (secondary N) is 1. The number of rotatable bonds is 4. The Balaban J connectivity index is 1.81. The Kier molecular flexibility index (Phi) is 4.21. The van der Waals surface area contributed by atoms with Crippen LogP contribution in [0.15, 0.2) is 22.8 Å². The first-order valence-corrected chi connectivity index (χ1v) is 8.01. The van der Waals surface area contributed by atoms with Gasteiger partial charge in [0, 0.05) is 30.1 Å². The van der Waals surface area contributed by atoms with Crippen molar-refractivity contribution < 1.29 is 9.21 Å². The van der Waals surface area contributed by atoms with E-state index < -0.39 is 0 Å². The summed E-state index contributed by atoms with van der Waals surface area (Å²) in [7, 11) is 1.94. The molecule has 22 heavy (non-hydrogen) atoms. The molecule has 2 aromatic rings. The number of carbonyl (C=O) groups excluding carboxylic acids is 1. The van der Waals surface area contributed by atoms with Crippen molar-refractivity contribution in [1.29, 1.82) is 0 Å². The van der Waals surface area contributed by atoms with E-state index in [9.17, 15) is 4.79 Å². The highest BCUT2D eigenvalue weighted by atomic mass is 16.3. The molecule has 2 heterocycles. The van der Waals surface area contributed by atoms with Gasteiger partial charge in [0.2, 0.25) is 5.91 Å². The summed E-state index contributed by atoms with van der Waals surface area (Å²) in [5.41, 5.74) is 4.32. The van der Waals surface area contributed by atoms with Crippen LogP contribution in [0.3, 0.4) is 0 Å². The minimum absolute atomic E-state index is 0.207. The molecule has 4 heteroatoms. The summed E-state index contributed by atoms with van der Waals surface area (Å²) >= 11 is 0. The van der Waals surface area contributed by atoms with Crippen LogP contribution in [-0.4, -0.2) is 37.0 Å². The van der Waals surface area contributed by atoms with Gasteiger partial charge in [0.05, 0.1) is 12.7 Å². The molecule has 1 aromatic heterocycles. The third-order valence-electron chi connectivity index (χ3n) is 4.75. The number of likely N-dealkylation sites (N-methyl/N-ethyl adjacent to an activating group) is 1. The smallest absolute Gasteiger partial charge is 0.227 e. The van der Waals surface area contributed by atoms with Gasteiger partial charge in [-0.25, -0.2) is 0 Å². The standard InChI is InChI=1S/C18H24N2O2/c1-12-7-16-14(11-22-17(16)8-13(12)2)9-18(21)20-6-4-5-15(20)10-19-3/h7-8,11,15,19H,4-6,9-10H2,1-3H3. The van der Waals surface area contributed by atoms with Gasteiger partial charge in [-0.2, -0.15) is 0 Å². The second-order valence-corrected chi connectivity index (χ2v) is 6.31. The molecule has 118 valence electrons. The molecule has 1 amide bonds. The minimum atomic E-state index is 0.207. The van der Waals surface area contributed by atoms with Crippen molar-refractivity contribution >= 4 is 16.9 Å². The average molecular weight is 300 g/mol. The Morgan fingerprint density at radius 3 is 2.91 bits per heavy atom. The molecule has 1 aliphatic heterocycles. The molecule has 0 aliphatic carbocycles. The van der Waals surface area contributed by atoms with Crippen LogP contribution >= 0.6 is 0 Å². The number of nitrogens with zero attached hydrogens (tertiary/aromatic N) is 1. The number of likely N-dealkylation sites (tertiary alicyclic amines) is 1. The molecule has 0 spiro atoms. The van der Waals surface area contributed by atoms with Gasteiger partial charge >= 0.3 is 0 Å². The molecule has 1 fully saturated rings. The zero-order chi connectivity index (χ0) is 15.7. The van der Waals surface area contributed by atoms with Crippen LogP contribution in [0.25, 0.3) is 11.0 Å². The first-order valence-electron chi connectivity index (χ1n) is 8.01. The zero-order valence-corrected chi connectivity index (χ0v) is 13.6. The normalized spacial score (nSPS) is 18.3. The summed E-state index contributed by atoms with van der Waals surface area (Å²) in [5, 5.41) is 4.25. The van der Waals surface area contributed by atoms with Gasteiger partial charge in [-0.3, -0.25) is 4.79 Å². The SMILES string of the molecule is CNCC1CCCN1C(=O)Cc1coc2cc(C)c(C)cc12. The molecule has 1 unspecified atom stereocenters. The Labute approximate surface area is 131 Å². The minimum Gasteiger partial charge on any atom is -0.464 e. The topological polar surface area (TPSA) is 45.5 Å². The fraction of sp³-hybridized carbons (Fsp3) is 0.500. The van der Waals surface area contributed by atoms with Crippen LogP contribution in [-0.2, 0) is 11.2 Å². The summed E-state index contributed by atoms with van der Waals surface area (Å²) in [5.74, 6) is 0.207. The lowest BCUT2D eigenvalue weighted by Gasteiger charge is -2.24. The number of benzene rings is 1. The third-order valence-corrected chi connectivity index (χ3v) is 4.75. The van der Waals surface area contributed by atoms with E-state index in [0.29, 0.717) is 12.5 Å². The molecule has 1 saturated heterocycles. The maximum absolute atomic E-state index is 12.6. The van der Waals surface area contributed by atoms with Crippen LogP contribution in [0.4, 0.5) is 0 Å². The predicted molar refractivity (Wildman–Crippen MR) is 88.1 cm³/mol. The molecule has 0 bridgehead atoms. The van der Waals surface area contributed by atoms with E-state index in [0.717, 1.165) is 42.5 Å². The second kappa shape index (κ2) is 6.13. The number of hydrogen-bond donors (Lipinski definition) is 1. The Bertz CT molecular complexity index is 690. The number of fused-ring (bicyclic) bond motifs is 1. The molecule has 1 aromatic carbocycles. The first-order chi connectivity index (χ1) is 10.6. The van der Waals surface area contributed by atoms with E-state index in [4.69, 9.17) is 4.42 Å². The lowest BCUT2D eigenvalue weighted by atomic mass is 10.0. The monoisotopic (exact) mass is 300 g/mol. The van der Waals surface area contributed by atoms with Crippen LogP contribution in [0.1, 0.15) is 29.5 Å². The lowest BCUT2D eigenvalue weighted by molar-refractivity contribution is -0.131.